The molecule has 1 heterocycles. The van der Waals surface area contributed by atoms with Crippen LogP contribution in [0.15, 0.2) is 58.3 Å². The van der Waals surface area contributed by atoms with E-state index in [9.17, 15) is 9.59 Å². The van der Waals surface area contributed by atoms with Crippen LogP contribution in [0.4, 0.5) is 0 Å². The minimum Gasteiger partial charge on any atom is -0.494 e. The topological polar surface area (TPSA) is 46.6 Å². The van der Waals surface area contributed by atoms with Crippen molar-refractivity contribution in [2.24, 2.45) is 5.92 Å². The Morgan fingerprint density at radius 2 is 1.66 bits per heavy atom. The van der Waals surface area contributed by atoms with Crippen molar-refractivity contribution in [3.8, 4) is 5.75 Å². The second-order valence-electron chi connectivity index (χ2n) is 7.25. The molecule has 2 aromatic carbocycles. The van der Waals surface area contributed by atoms with Gasteiger partial charge in [-0.15, -0.1) is 0 Å². The molecule has 0 radical (unpaired) electrons. The Hall–Kier alpha value is -2.24. The smallest absolute Gasteiger partial charge is 0.268 e. The van der Waals surface area contributed by atoms with E-state index in [0.717, 1.165) is 22.6 Å². The van der Waals surface area contributed by atoms with Gasteiger partial charge in [0.2, 0.25) is 0 Å². The summed E-state index contributed by atoms with van der Waals surface area (Å²) in [5, 5.41) is 0.626. The zero-order valence-corrected chi connectivity index (χ0v) is 18.3. The summed E-state index contributed by atoms with van der Waals surface area (Å²) in [4.78, 5) is 28.9. The number of amides is 2. The van der Waals surface area contributed by atoms with Crippen LogP contribution in [0.5, 0.6) is 5.75 Å². The fraction of sp³-hybridized carbons (Fsp3) is 0.304. The monoisotopic (exact) mass is 429 g/mol. The third kappa shape index (κ3) is 5.03. The van der Waals surface area contributed by atoms with E-state index in [2.05, 4.69) is 0 Å². The van der Waals surface area contributed by atoms with Gasteiger partial charge in [0.05, 0.1) is 17.1 Å². The quantitative estimate of drug-likeness (QED) is 0.508. The molecule has 1 aliphatic heterocycles. The van der Waals surface area contributed by atoms with Crippen molar-refractivity contribution in [2.75, 3.05) is 13.2 Å². The summed E-state index contributed by atoms with van der Waals surface area (Å²) in [7, 11) is 0. The summed E-state index contributed by atoms with van der Waals surface area (Å²) in [6, 6.07) is 14.6. The number of nitrogens with zero attached hydrogens (tertiary/aromatic N) is 1. The lowest BCUT2D eigenvalue weighted by molar-refractivity contribution is -0.137. The summed E-state index contributed by atoms with van der Waals surface area (Å²) in [6.07, 6.45) is 0.923. The van der Waals surface area contributed by atoms with Gasteiger partial charge in [0.25, 0.3) is 11.8 Å². The highest BCUT2D eigenvalue weighted by Crippen LogP contribution is 2.40. The van der Waals surface area contributed by atoms with Gasteiger partial charge in [0.15, 0.2) is 0 Å². The molecular weight excluding hydrogens is 406 g/mol. The van der Waals surface area contributed by atoms with Crippen LogP contribution in [-0.2, 0) is 9.59 Å². The first-order valence-electron chi connectivity index (χ1n) is 9.67. The van der Waals surface area contributed by atoms with Crippen LogP contribution < -0.4 is 4.74 Å². The number of imide groups is 1. The molecule has 0 fully saturated rings. The minimum atomic E-state index is -0.248. The Balaban J connectivity index is 1.98. The summed E-state index contributed by atoms with van der Waals surface area (Å²) < 4.78 is 5.63. The van der Waals surface area contributed by atoms with Gasteiger partial charge in [-0.25, -0.2) is 0 Å². The molecule has 0 spiro atoms. The molecule has 2 amide bonds. The van der Waals surface area contributed by atoms with Crippen LogP contribution in [0.2, 0.25) is 5.02 Å². The number of carbonyl (C=O) groups excluding carboxylic acids is 2. The van der Waals surface area contributed by atoms with Crippen LogP contribution in [0.3, 0.4) is 0 Å². The molecule has 2 aromatic rings. The summed E-state index contributed by atoms with van der Waals surface area (Å²) in [5.74, 6) is 0.445. The second kappa shape index (κ2) is 9.51. The molecule has 0 aliphatic carbocycles. The summed E-state index contributed by atoms with van der Waals surface area (Å²) in [6.45, 7) is 7.06. The van der Waals surface area contributed by atoms with Gasteiger partial charge in [-0.05, 0) is 54.3 Å². The van der Waals surface area contributed by atoms with Crippen molar-refractivity contribution in [1.82, 2.24) is 4.90 Å². The first-order valence-corrected chi connectivity index (χ1v) is 10.9. The number of ether oxygens (including phenoxy) is 1. The lowest BCUT2D eigenvalue weighted by Crippen LogP contribution is -2.34. The Kier molecular flexibility index (Phi) is 7.04. The molecular formula is C23H24ClNO3S. The number of hydrogen-bond acceptors (Lipinski definition) is 4. The zero-order chi connectivity index (χ0) is 21.0. The van der Waals surface area contributed by atoms with E-state index < -0.39 is 0 Å². The van der Waals surface area contributed by atoms with E-state index in [1.807, 2.05) is 57.2 Å². The maximum absolute atomic E-state index is 13.1. The molecule has 0 saturated carbocycles. The fourth-order valence-corrected chi connectivity index (χ4v) is 4.13. The zero-order valence-electron chi connectivity index (χ0n) is 16.8. The molecule has 29 heavy (non-hydrogen) atoms. The van der Waals surface area contributed by atoms with Crippen molar-refractivity contribution >= 4 is 40.8 Å². The third-order valence-electron chi connectivity index (χ3n) is 4.32. The predicted molar refractivity (Wildman–Crippen MR) is 118 cm³/mol. The van der Waals surface area contributed by atoms with Crippen LogP contribution in [-0.4, -0.2) is 29.9 Å². The standard InChI is InChI=1S/C23H24ClNO3S/c1-4-13-28-18-9-5-16(6-10-18)20-21(29-19-11-7-17(24)8-12-19)23(27)25(22(20)26)14-15(2)3/h5-12,15H,4,13-14H2,1-3H3. The average molecular weight is 430 g/mol. The molecule has 3 rings (SSSR count). The van der Waals surface area contributed by atoms with Gasteiger partial charge in [0.1, 0.15) is 5.75 Å². The van der Waals surface area contributed by atoms with Gasteiger partial charge >= 0.3 is 0 Å². The van der Waals surface area contributed by atoms with Gasteiger partial charge in [-0.1, -0.05) is 56.3 Å². The van der Waals surface area contributed by atoms with Crippen molar-refractivity contribution < 1.29 is 14.3 Å². The lowest BCUT2D eigenvalue weighted by atomic mass is 10.1. The van der Waals surface area contributed by atoms with E-state index in [-0.39, 0.29) is 17.7 Å². The number of halogens is 1. The van der Waals surface area contributed by atoms with E-state index in [0.29, 0.717) is 28.7 Å². The third-order valence-corrected chi connectivity index (χ3v) is 5.67. The Morgan fingerprint density at radius 1 is 1.00 bits per heavy atom. The van der Waals surface area contributed by atoms with Crippen LogP contribution in [0.1, 0.15) is 32.8 Å². The van der Waals surface area contributed by atoms with Crippen molar-refractivity contribution in [3.63, 3.8) is 0 Å². The molecule has 0 unspecified atom stereocenters. The number of thioether (sulfide) groups is 1. The molecule has 0 atom stereocenters. The first kappa shape index (κ1) is 21.5. The van der Waals surface area contributed by atoms with E-state index in [1.54, 1.807) is 12.1 Å². The average Bonchev–Trinajstić information content (AvgIpc) is 2.92. The van der Waals surface area contributed by atoms with Gasteiger partial charge in [-0.3, -0.25) is 14.5 Å². The Labute approximate surface area is 180 Å². The minimum absolute atomic E-state index is 0.189. The summed E-state index contributed by atoms with van der Waals surface area (Å²) in [5.41, 5.74) is 1.16. The van der Waals surface area contributed by atoms with Crippen LogP contribution in [0, 0.1) is 5.92 Å². The molecule has 0 bridgehead atoms. The van der Waals surface area contributed by atoms with Gasteiger partial charge in [-0.2, -0.15) is 0 Å². The lowest BCUT2D eigenvalue weighted by Gasteiger charge is -2.17. The van der Waals surface area contributed by atoms with Crippen molar-refractivity contribution in [3.05, 3.63) is 64.0 Å². The first-order chi connectivity index (χ1) is 13.9. The number of benzene rings is 2. The molecule has 0 saturated heterocycles. The summed E-state index contributed by atoms with van der Waals surface area (Å²) >= 11 is 7.28. The molecule has 152 valence electrons. The van der Waals surface area contributed by atoms with Crippen LogP contribution >= 0.6 is 23.4 Å². The highest BCUT2D eigenvalue weighted by atomic mass is 35.5. The van der Waals surface area contributed by atoms with Gasteiger partial charge < -0.3 is 4.74 Å². The normalized spacial score (nSPS) is 14.3. The number of hydrogen-bond donors (Lipinski definition) is 0. The molecule has 4 nitrogen and oxygen atoms in total. The number of carbonyl (C=O) groups is 2. The second-order valence-corrected chi connectivity index (χ2v) is 8.77. The Bertz CT molecular complexity index is 920. The molecule has 1 aliphatic rings. The fourth-order valence-electron chi connectivity index (χ4n) is 2.99. The van der Waals surface area contributed by atoms with Crippen molar-refractivity contribution in [1.29, 1.82) is 0 Å². The molecule has 0 N–H and O–H groups in total. The predicted octanol–water partition coefficient (Wildman–Crippen LogP) is 5.66. The van der Waals surface area contributed by atoms with Crippen LogP contribution in [0.25, 0.3) is 5.57 Å². The maximum atomic E-state index is 13.1. The number of rotatable bonds is 8. The van der Waals surface area contributed by atoms with Gasteiger partial charge in [0, 0.05) is 16.5 Å². The SMILES string of the molecule is CCCOc1ccc(C2=C(Sc3ccc(Cl)cc3)C(=O)N(CC(C)C)C2=O)cc1. The maximum Gasteiger partial charge on any atom is 0.268 e. The Morgan fingerprint density at radius 3 is 2.24 bits per heavy atom. The molecule has 6 heteroatoms. The van der Waals surface area contributed by atoms with E-state index in [1.165, 1.54) is 16.7 Å². The largest absolute Gasteiger partial charge is 0.494 e. The molecule has 0 aromatic heterocycles. The van der Waals surface area contributed by atoms with E-state index in [4.69, 9.17) is 16.3 Å². The highest BCUT2D eigenvalue weighted by molar-refractivity contribution is 8.04. The van der Waals surface area contributed by atoms with E-state index >= 15 is 0 Å². The van der Waals surface area contributed by atoms with Crippen molar-refractivity contribution in [2.45, 2.75) is 32.1 Å². The highest BCUT2D eigenvalue weighted by Gasteiger charge is 2.39.